The highest BCUT2D eigenvalue weighted by atomic mass is 16.6. The van der Waals surface area contributed by atoms with Crippen LogP contribution in [0.4, 0.5) is 4.79 Å². The lowest BCUT2D eigenvalue weighted by atomic mass is 10.0. The number of aryl methyl sites for hydroxylation is 1. The first-order valence-corrected chi connectivity index (χ1v) is 12.9. The molecule has 0 aromatic carbocycles. The van der Waals surface area contributed by atoms with Gasteiger partial charge in [0.25, 0.3) is 0 Å². The third kappa shape index (κ3) is 14.4. The predicted octanol–water partition coefficient (Wildman–Crippen LogP) is 5.93. The van der Waals surface area contributed by atoms with Gasteiger partial charge in [0, 0.05) is 6.54 Å². The van der Waals surface area contributed by atoms with Gasteiger partial charge in [0.05, 0.1) is 0 Å². The third-order valence-electron chi connectivity index (χ3n) is 5.83. The van der Waals surface area contributed by atoms with Crippen LogP contribution in [0.5, 0.6) is 0 Å². The summed E-state index contributed by atoms with van der Waals surface area (Å²) in [7, 11) is 0. The van der Waals surface area contributed by atoms with Crippen LogP contribution in [-0.2, 0) is 4.74 Å². The Kier molecular flexibility index (Phi) is 16.7. The molecule has 2 radical (unpaired) electrons. The monoisotopic (exact) mass is 450 g/mol. The second kappa shape index (κ2) is 18.8. The number of hydrogen-bond acceptors (Lipinski definition) is 5. The molecule has 0 aliphatic carbocycles. The van der Waals surface area contributed by atoms with E-state index in [2.05, 4.69) is 27.7 Å². The minimum Gasteiger partial charge on any atom is -0.425 e. The highest BCUT2D eigenvalue weighted by Crippen LogP contribution is 2.14. The van der Waals surface area contributed by atoms with Crippen molar-refractivity contribution < 1.29 is 9.53 Å². The molecule has 0 fully saturated rings. The number of amides is 1. The first-order chi connectivity index (χ1) is 15.5. The predicted molar refractivity (Wildman–Crippen MR) is 127 cm³/mol. The van der Waals surface area contributed by atoms with Gasteiger partial charge in [-0.25, -0.2) is 4.79 Å². The number of nitrogens with one attached hydrogen (secondary N) is 1. The van der Waals surface area contributed by atoms with E-state index in [0.717, 1.165) is 12.8 Å². The van der Waals surface area contributed by atoms with E-state index in [9.17, 15) is 10.5 Å². The molecule has 0 spiro atoms. The first kappa shape index (κ1) is 28.3. The summed E-state index contributed by atoms with van der Waals surface area (Å²) in [6, 6.07) is -0.600. The Morgan fingerprint density at radius 1 is 0.906 bits per heavy atom. The summed E-state index contributed by atoms with van der Waals surface area (Å²) in [6.45, 7) is 6.19. The molecule has 1 aromatic heterocycles. The van der Waals surface area contributed by atoms with Gasteiger partial charge in [-0.2, -0.15) is 4.80 Å². The summed E-state index contributed by atoms with van der Waals surface area (Å²) < 4.78 is 4.98. The van der Waals surface area contributed by atoms with Crippen LogP contribution in [0.2, 0.25) is 0 Å². The van der Waals surface area contributed by atoms with E-state index in [1.165, 1.54) is 94.7 Å². The third-order valence-corrected chi connectivity index (χ3v) is 5.83. The Morgan fingerprint density at radius 3 is 1.81 bits per heavy atom. The molecule has 0 saturated heterocycles. The van der Waals surface area contributed by atoms with E-state index < -0.39 is 18.4 Å². The normalized spacial score (nSPS) is 13.1. The SMILES string of the molecule is CCCCCCCCCCCCCCCCCCNC(=O)OC([N])C(C)n1nnc(C)n1. The van der Waals surface area contributed by atoms with Crippen molar-refractivity contribution >= 4 is 6.09 Å². The van der Waals surface area contributed by atoms with E-state index >= 15 is 0 Å². The molecule has 0 saturated carbocycles. The smallest absolute Gasteiger partial charge is 0.408 e. The average Bonchev–Trinajstić information content (AvgIpc) is 3.21. The van der Waals surface area contributed by atoms with Crippen molar-refractivity contribution in [3.05, 3.63) is 5.82 Å². The number of carbonyl (C=O) groups excluding carboxylic acids is 1. The van der Waals surface area contributed by atoms with Crippen molar-refractivity contribution in [1.29, 1.82) is 0 Å². The van der Waals surface area contributed by atoms with Crippen molar-refractivity contribution in [2.24, 2.45) is 0 Å². The second-order valence-corrected chi connectivity index (χ2v) is 8.92. The minimum absolute atomic E-state index is 0.497. The molecule has 2 unspecified atom stereocenters. The Balaban J connectivity index is 1.85. The van der Waals surface area contributed by atoms with Crippen LogP contribution < -0.4 is 11.1 Å². The maximum absolute atomic E-state index is 11.8. The van der Waals surface area contributed by atoms with Crippen molar-refractivity contribution in [2.75, 3.05) is 6.54 Å². The minimum atomic E-state index is -1.32. The fraction of sp³-hybridized carbons (Fsp3) is 0.917. The van der Waals surface area contributed by atoms with E-state index in [4.69, 9.17) is 4.74 Å². The van der Waals surface area contributed by atoms with Gasteiger partial charge < -0.3 is 10.1 Å². The zero-order valence-electron chi connectivity index (χ0n) is 20.7. The molecule has 184 valence electrons. The number of alkyl carbamates (subject to hydrolysis) is 1. The van der Waals surface area contributed by atoms with Crippen molar-refractivity contribution in [3.8, 4) is 0 Å². The lowest BCUT2D eigenvalue weighted by Gasteiger charge is -2.17. The molecule has 1 amide bonds. The molecular weight excluding hydrogens is 404 g/mol. The van der Waals surface area contributed by atoms with Crippen LogP contribution in [-0.4, -0.2) is 39.1 Å². The largest absolute Gasteiger partial charge is 0.425 e. The van der Waals surface area contributed by atoms with Gasteiger partial charge in [-0.1, -0.05) is 109 Å². The molecule has 8 heteroatoms. The standard InChI is InChI=1S/C24H46N6O2/c1-4-5-6-7-8-9-10-11-12-13-14-15-16-17-18-19-20-26-24(31)32-23(25)21(2)30-28-22(3)27-29-30/h21,23H,4-20H2,1-3H3,(H,26,31). The fourth-order valence-corrected chi connectivity index (χ4v) is 3.70. The molecule has 0 aliphatic heterocycles. The molecule has 0 bridgehead atoms. The second-order valence-electron chi connectivity index (χ2n) is 8.92. The molecule has 32 heavy (non-hydrogen) atoms. The highest BCUT2D eigenvalue weighted by molar-refractivity contribution is 5.67. The van der Waals surface area contributed by atoms with Crippen LogP contribution in [0.25, 0.3) is 0 Å². The van der Waals surface area contributed by atoms with Crippen LogP contribution >= 0.6 is 0 Å². The van der Waals surface area contributed by atoms with Crippen molar-refractivity contribution in [1.82, 2.24) is 31.3 Å². The Bertz CT molecular complexity index is 581. The van der Waals surface area contributed by atoms with Crippen LogP contribution in [0.1, 0.15) is 128 Å². The van der Waals surface area contributed by atoms with E-state index in [1.807, 2.05) is 0 Å². The van der Waals surface area contributed by atoms with E-state index in [1.54, 1.807) is 13.8 Å². The van der Waals surface area contributed by atoms with Gasteiger partial charge in [-0.3, -0.25) is 0 Å². The van der Waals surface area contributed by atoms with Gasteiger partial charge in [0.1, 0.15) is 6.04 Å². The summed E-state index contributed by atoms with van der Waals surface area (Å²) in [5.41, 5.74) is 9.98. The molecule has 2 atom stereocenters. The highest BCUT2D eigenvalue weighted by Gasteiger charge is 2.22. The molecule has 1 N–H and O–H groups in total. The Labute approximate surface area is 195 Å². The number of rotatable bonds is 20. The van der Waals surface area contributed by atoms with Crippen LogP contribution in [0.3, 0.4) is 0 Å². The molecule has 1 aromatic rings. The summed E-state index contributed by atoms with van der Waals surface area (Å²) in [6.07, 6.45) is 19.2. The molecular formula is C24H46N6O2. The average molecular weight is 451 g/mol. The topological polar surface area (TPSA) is 104 Å². The van der Waals surface area contributed by atoms with Crippen molar-refractivity contribution in [2.45, 2.75) is 136 Å². The summed E-state index contributed by atoms with van der Waals surface area (Å²) in [4.78, 5) is 13.0. The first-order valence-electron chi connectivity index (χ1n) is 12.9. The molecule has 8 nitrogen and oxygen atoms in total. The van der Waals surface area contributed by atoms with E-state index in [0.29, 0.717) is 12.4 Å². The zero-order chi connectivity index (χ0) is 23.4. The molecule has 1 rings (SSSR count). The number of aromatic nitrogens is 4. The van der Waals surface area contributed by atoms with Gasteiger partial charge in [-0.05, 0) is 25.5 Å². The van der Waals surface area contributed by atoms with Crippen molar-refractivity contribution in [3.63, 3.8) is 0 Å². The number of ether oxygens (including phenoxy) is 1. The maximum Gasteiger partial charge on any atom is 0.408 e. The Hall–Kier alpha value is -1.70. The summed E-state index contributed by atoms with van der Waals surface area (Å²) in [5, 5.41) is 14.2. The summed E-state index contributed by atoms with van der Waals surface area (Å²) in [5.74, 6) is 0.497. The number of unbranched alkanes of at least 4 members (excludes halogenated alkanes) is 15. The Morgan fingerprint density at radius 2 is 1.38 bits per heavy atom. The van der Waals surface area contributed by atoms with Crippen LogP contribution in [0, 0.1) is 6.92 Å². The number of nitrogens with zero attached hydrogens (tertiary/aromatic N) is 5. The molecule has 0 aliphatic rings. The number of carbonyl (C=O) groups is 1. The lowest BCUT2D eigenvalue weighted by Crippen LogP contribution is -2.35. The quantitative estimate of drug-likeness (QED) is 0.248. The van der Waals surface area contributed by atoms with Crippen LogP contribution in [0.15, 0.2) is 0 Å². The number of hydrogen-bond donors (Lipinski definition) is 1. The van der Waals surface area contributed by atoms with Gasteiger partial charge in [0.15, 0.2) is 5.82 Å². The van der Waals surface area contributed by atoms with Gasteiger partial charge in [0.2, 0.25) is 6.23 Å². The molecule has 1 heterocycles. The maximum atomic E-state index is 11.8. The van der Waals surface area contributed by atoms with Gasteiger partial charge in [-0.15, -0.1) is 10.2 Å². The lowest BCUT2D eigenvalue weighted by molar-refractivity contribution is 0.0607. The summed E-state index contributed by atoms with van der Waals surface area (Å²) >= 11 is 0. The number of tetrazole rings is 1. The van der Waals surface area contributed by atoms with Gasteiger partial charge >= 0.3 is 6.09 Å². The fourth-order valence-electron chi connectivity index (χ4n) is 3.70. The van der Waals surface area contributed by atoms with E-state index in [-0.39, 0.29) is 0 Å². The zero-order valence-corrected chi connectivity index (χ0v) is 20.7.